The number of aromatic nitrogens is 2. The second kappa shape index (κ2) is 2.47. The van der Waals surface area contributed by atoms with Crippen molar-refractivity contribution >= 4 is 0 Å². The van der Waals surface area contributed by atoms with Gasteiger partial charge in [0.05, 0.1) is 0 Å². The molecule has 4 heteroatoms. The molecule has 0 atom stereocenters. The molecular formula is C7H9N3O. The minimum Gasteiger partial charge on any atom is -0.311 e. The molecule has 0 spiro atoms. The summed E-state index contributed by atoms with van der Waals surface area (Å²) in [4.78, 5) is 17.1. The van der Waals surface area contributed by atoms with Gasteiger partial charge in [-0.05, 0) is 18.5 Å². The van der Waals surface area contributed by atoms with Gasteiger partial charge in [0, 0.05) is 18.4 Å². The van der Waals surface area contributed by atoms with Crippen molar-refractivity contribution in [2.75, 3.05) is 6.54 Å². The molecule has 0 amide bonds. The van der Waals surface area contributed by atoms with Crippen LogP contribution in [0.5, 0.6) is 0 Å². The Kier molecular flexibility index (Phi) is 1.47. The van der Waals surface area contributed by atoms with Gasteiger partial charge in [-0.15, -0.1) is 0 Å². The average Bonchev–Trinajstić information content (AvgIpc) is 2.04. The molecule has 0 fully saturated rings. The summed E-state index contributed by atoms with van der Waals surface area (Å²) in [6.07, 6.45) is 2.62. The predicted octanol–water partition coefficient (Wildman–Crippen LogP) is -0.584. The molecule has 0 radical (unpaired) electrons. The Morgan fingerprint density at radius 2 is 2.45 bits per heavy atom. The quantitative estimate of drug-likeness (QED) is 0.521. The Morgan fingerprint density at radius 1 is 1.55 bits per heavy atom. The van der Waals surface area contributed by atoms with E-state index in [1.165, 1.54) is 0 Å². The predicted molar refractivity (Wildman–Crippen MR) is 40.3 cm³/mol. The summed E-state index contributed by atoms with van der Waals surface area (Å²) in [7, 11) is 0. The van der Waals surface area contributed by atoms with Crippen molar-refractivity contribution in [1.29, 1.82) is 0 Å². The van der Waals surface area contributed by atoms with Crippen LogP contribution >= 0.6 is 0 Å². The molecular weight excluding hydrogens is 142 g/mol. The highest BCUT2D eigenvalue weighted by Crippen LogP contribution is 2.05. The van der Waals surface area contributed by atoms with Gasteiger partial charge < -0.3 is 10.3 Å². The maximum atomic E-state index is 10.7. The van der Waals surface area contributed by atoms with E-state index in [0.29, 0.717) is 0 Å². The standard InChI is InChI=1S/C7H9N3O/c11-7-9-3-5-1-2-8-4-6(5)10-7/h3,8H,1-2,4H2,(H,9,10,11). The minimum absolute atomic E-state index is 0.257. The molecule has 2 heterocycles. The van der Waals surface area contributed by atoms with E-state index in [1.807, 2.05) is 0 Å². The van der Waals surface area contributed by atoms with Crippen molar-refractivity contribution in [2.45, 2.75) is 13.0 Å². The highest BCUT2D eigenvalue weighted by Gasteiger charge is 2.08. The third-order valence-corrected chi connectivity index (χ3v) is 1.86. The fourth-order valence-corrected chi connectivity index (χ4v) is 1.27. The molecule has 1 aromatic rings. The van der Waals surface area contributed by atoms with E-state index in [0.717, 1.165) is 30.8 Å². The van der Waals surface area contributed by atoms with Gasteiger partial charge in [-0.2, -0.15) is 0 Å². The molecule has 11 heavy (non-hydrogen) atoms. The maximum Gasteiger partial charge on any atom is 0.345 e. The van der Waals surface area contributed by atoms with E-state index in [1.54, 1.807) is 6.20 Å². The molecule has 0 bridgehead atoms. The van der Waals surface area contributed by atoms with Crippen molar-refractivity contribution < 1.29 is 0 Å². The molecule has 0 saturated heterocycles. The molecule has 0 aromatic carbocycles. The van der Waals surface area contributed by atoms with Crippen LogP contribution in [0.2, 0.25) is 0 Å². The van der Waals surface area contributed by atoms with Crippen LogP contribution in [-0.4, -0.2) is 16.5 Å². The number of nitrogens with one attached hydrogen (secondary N) is 2. The normalized spacial score (nSPS) is 16.0. The Labute approximate surface area is 63.7 Å². The van der Waals surface area contributed by atoms with Gasteiger partial charge in [-0.3, -0.25) is 0 Å². The zero-order chi connectivity index (χ0) is 7.68. The van der Waals surface area contributed by atoms with Crippen LogP contribution in [0.1, 0.15) is 11.3 Å². The lowest BCUT2D eigenvalue weighted by Gasteiger charge is -2.14. The maximum absolute atomic E-state index is 10.7. The monoisotopic (exact) mass is 151 g/mol. The third-order valence-electron chi connectivity index (χ3n) is 1.86. The van der Waals surface area contributed by atoms with Crippen molar-refractivity contribution in [1.82, 2.24) is 15.3 Å². The molecule has 1 aliphatic rings. The van der Waals surface area contributed by atoms with E-state index in [9.17, 15) is 4.79 Å². The van der Waals surface area contributed by atoms with Gasteiger partial charge in [0.15, 0.2) is 0 Å². The van der Waals surface area contributed by atoms with Crippen molar-refractivity contribution in [2.24, 2.45) is 0 Å². The van der Waals surface area contributed by atoms with Crippen LogP contribution in [-0.2, 0) is 13.0 Å². The number of hydrogen-bond acceptors (Lipinski definition) is 3. The molecule has 1 aromatic heterocycles. The Balaban J connectivity index is 2.51. The van der Waals surface area contributed by atoms with Gasteiger partial charge in [-0.25, -0.2) is 9.78 Å². The second-order valence-electron chi connectivity index (χ2n) is 2.62. The largest absolute Gasteiger partial charge is 0.345 e. The summed E-state index contributed by atoms with van der Waals surface area (Å²) in [6, 6.07) is 0. The molecule has 2 N–H and O–H groups in total. The first kappa shape index (κ1) is 6.54. The molecule has 58 valence electrons. The van der Waals surface area contributed by atoms with Crippen LogP contribution in [0.3, 0.4) is 0 Å². The molecule has 0 saturated carbocycles. The molecule has 4 nitrogen and oxygen atoms in total. The summed E-state index contributed by atoms with van der Waals surface area (Å²) in [5, 5.41) is 3.17. The summed E-state index contributed by atoms with van der Waals surface area (Å²) in [5.41, 5.74) is 1.88. The van der Waals surface area contributed by atoms with Crippen molar-refractivity contribution in [3.8, 4) is 0 Å². The van der Waals surface area contributed by atoms with Crippen molar-refractivity contribution in [3.63, 3.8) is 0 Å². The first-order chi connectivity index (χ1) is 5.36. The van der Waals surface area contributed by atoms with Crippen LogP contribution in [0.4, 0.5) is 0 Å². The first-order valence-corrected chi connectivity index (χ1v) is 3.64. The summed E-state index contributed by atoms with van der Waals surface area (Å²) < 4.78 is 0. The minimum atomic E-state index is -0.257. The van der Waals surface area contributed by atoms with Crippen LogP contribution < -0.4 is 11.0 Å². The first-order valence-electron chi connectivity index (χ1n) is 3.64. The van der Waals surface area contributed by atoms with E-state index in [2.05, 4.69) is 15.3 Å². The van der Waals surface area contributed by atoms with Gasteiger partial charge in [0.25, 0.3) is 0 Å². The van der Waals surface area contributed by atoms with E-state index in [4.69, 9.17) is 0 Å². The smallest absolute Gasteiger partial charge is 0.311 e. The number of H-pyrrole nitrogens is 1. The van der Waals surface area contributed by atoms with E-state index < -0.39 is 0 Å². The van der Waals surface area contributed by atoms with Gasteiger partial charge >= 0.3 is 5.69 Å². The Bertz CT molecular complexity index is 318. The zero-order valence-electron chi connectivity index (χ0n) is 6.05. The second-order valence-corrected chi connectivity index (χ2v) is 2.62. The lowest BCUT2D eigenvalue weighted by molar-refractivity contribution is 0.619. The number of aromatic amines is 1. The van der Waals surface area contributed by atoms with Gasteiger partial charge in [0.1, 0.15) is 0 Å². The number of rotatable bonds is 0. The lowest BCUT2D eigenvalue weighted by atomic mass is 10.1. The van der Waals surface area contributed by atoms with Crippen LogP contribution in [0.15, 0.2) is 11.0 Å². The van der Waals surface area contributed by atoms with E-state index in [-0.39, 0.29) is 5.69 Å². The summed E-state index contributed by atoms with van der Waals surface area (Å²) >= 11 is 0. The van der Waals surface area contributed by atoms with Crippen LogP contribution in [0, 0.1) is 0 Å². The van der Waals surface area contributed by atoms with E-state index >= 15 is 0 Å². The molecule has 1 aliphatic heterocycles. The topological polar surface area (TPSA) is 57.8 Å². The van der Waals surface area contributed by atoms with Crippen molar-refractivity contribution in [3.05, 3.63) is 27.9 Å². The molecule has 0 unspecified atom stereocenters. The van der Waals surface area contributed by atoms with Crippen LogP contribution in [0.25, 0.3) is 0 Å². The van der Waals surface area contributed by atoms with Gasteiger partial charge in [0.2, 0.25) is 0 Å². The van der Waals surface area contributed by atoms with Gasteiger partial charge in [-0.1, -0.05) is 0 Å². The third kappa shape index (κ3) is 1.17. The summed E-state index contributed by atoms with van der Waals surface area (Å²) in [6.45, 7) is 1.73. The Hall–Kier alpha value is -1.16. The lowest BCUT2D eigenvalue weighted by Crippen LogP contribution is -2.28. The summed E-state index contributed by atoms with van der Waals surface area (Å²) in [5.74, 6) is 0. The average molecular weight is 151 g/mol. The number of hydrogen-bond donors (Lipinski definition) is 2. The highest BCUT2D eigenvalue weighted by molar-refractivity contribution is 5.18. The fourth-order valence-electron chi connectivity index (χ4n) is 1.27. The fraction of sp³-hybridized carbons (Fsp3) is 0.429. The highest BCUT2D eigenvalue weighted by atomic mass is 16.1. The zero-order valence-corrected chi connectivity index (χ0v) is 6.05. The number of nitrogens with zero attached hydrogens (tertiary/aromatic N) is 1. The SMILES string of the molecule is O=c1ncc2c([nH]1)CNCC2. The molecule has 0 aliphatic carbocycles. The Morgan fingerprint density at radius 3 is 3.36 bits per heavy atom. The molecule has 2 rings (SSSR count). The number of fused-ring (bicyclic) bond motifs is 1.